The van der Waals surface area contributed by atoms with E-state index in [1.54, 1.807) is 18.2 Å². The minimum Gasteiger partial charge on any atom is -0.511 e. The van der Waals surface area contributed by atoms with Gasteiger partial charge < -0.3 is 9.84 Å². The third-order valence-corrected chi connectivity index (χ3v) is 3.61. The van der Waals surface area contributed by atoms with Crippen LogP contribution in [0.25, 0.3) is 0 Å². The van der Waals surface area contributed by atoms with Gasteiger partial charge in [0.05, 0.1) is 12.7 Å². The van der Waals surface area contributed by atoms with Crippen molar-refractivity contribution in [2.45, 2.75) is 26.7 Å². The fraction of sp³-hybridized carbons (Fsp3) is 0.375. The Morgan fingerprint density at radius 3 is 2.71 bits per heavy atom. The van der Waals surface area contributed by atoms with Gasteiger partial charge in [0.15, 0.2) is 5.78 Å². The molecular weight excluding hydrogens is 290 g/mol. The van der Waals surface area contributed by atoms with Gasteiger partial charge in [-0.1, -0.05) is 25.4 Å². The quantitative estimate of drug-likeness (QED) is 0.849. The molecule has 0 spiro atoms. The highest BCUT2D eigenvalue weighted by Crippen LogP contribution is 2.36. The number of aliphatic hydroxyl groups is 1. The van der Waals surface area contributed by atoms with Crippen LogP contribution in [-0.2, 0) is 4.79 Å². The van der Waals surface area contributed by atoms with Gasteiger partial charge in [0.1, 0.15) is 17.2 Å². The van der Waals surface area contributed by atoms with Crippen molar-refractivity contribution in [3.8, 4) is 5.75 Å². The number of allylic oxidation sites excluding steroid dienone is 2. The highest BCUT2D eigenvalue weighted by molar-refractivity contribution is 6.31. The highest BCUT2D eigenvalue weighted by atomic mass is 35.5. The molecule has 0 heterocycles. The molecule has 1 aliphatic rings. The minimum atomic E-state index is -0.216. The van der Waals surface area contributed by atoms with Crippen molar-refractivity contribution in [2.24, 2.45) is 10.4 Å². The van der Waals surface area contributed by atoms with Crippen molar-refractivity contribution >= 4 is 29.3 Å². The third-order valence-electron chi connectivity index (χ3n) is 3.37. The first-order valence-corrected chi connectivity index (χ1v) is 7.03. The molecule has 1 N–H and O–H groups in total. The number of aliphatic imine (C=N–C) groups is 1. The topological polar surface area (TPSA) is 58.9 Å². The fourth-order valence-corrected chi connectivity index (χ4v) is 2.51. The lowest BCUT2D eigenvalue weighted by atomic mass is 9.77. The van der Waals surface area contributed by atoms with Crippen molar-refractivity contribution in [3.63, 3.8) is 0 Å². The van der Waals surface area contributed by atoms with Gasteiger partial charge in [-0.15, -0.1) is 0 Å². The molecule has 0 saturated heterocycles. The lowest BCUT2D eigenvalue weighted by Crippen LogP contribution is -2.26. The number of hydrogen-bond donors (Lipinski definition) is 1. The molecule has 0 saturated carbocycles. The van der Waals surface area contributed by atoms with Gasteiger partial charge >= 0.3 is 0 Å². The molecule has 21 heavy (non-hydrogen) atoms. The van der Waals surface area contributed by atoms with Gasteiger partial charge in [-0.3, -0.25) is 9.79 Å². The average molecular weight is 308 g/mol. The van der Waals surface area contributed by atoms with Crippen molar-refractivity contribution in [2.75, 3.05) is 7.11 Å². The monoisotopic (exact) mass is 307 g/mol. The Morgan fingerprint density at radius 2 is 2.10 bits per heavy atom. The van der Waals surface area contributed by atoms with Gasteiger partial charge in [0.2, 0.25) is 0 Å². The molecule has 0 bridgehead atoms. The molecule has 1 aromatic rings. The average Bonchev–Trinajstić information content (AvgIpc) is 2.36. The molecule has 1 aromatic carbocycles. The number of methoxy groups -OCH3 is 1. The van der Waals surface area contributed by atoms with Gasteiger partial charge in [-0.25, -0.2) is 0 Å². The maximum Gasteiger partial charge on any atom is 0.168 e. The number of halogens is 1. The first-order valence-electron chi connectivity index (χ1n) is 6.65. The lowest BCUT2D eigenvalue weighted by molar-refractivity contribution is -0.117. The summed E-state index contributed by atoms with van der Waals surface area (Å²) in [7, 11) is 1.53. The maximum absolute atomic E-state index is 12.1. The van der Waals surface area contributed by atoms with Crippen LogP contribution in [0.4, 0.5) is 5.69 Å². The number of aliphatic hydroxyl groups excluding tert-OH is 1. The standard InChI is InChI=1S/C16H18ClNO3/c1-16(2)7-13(19)11(14(20)8-16)9-18-12-6-10(17)4-5-15(12)21-3/h4-6,9,19H,7-8H2,1-3H3. The number of benzene rings is 1. The number of rotatable bonds is 3. The number of ether oxygens (including phenoxy) is 1. The van der Waals surface area contributed by atoms with Gasteiger partial charge in [0, 0.05) is 24.1 Å². The summed E-state index contributed by atoms with van der Waals surface area (Å²) in [4.78, 5) is 16.3. The van der Waals surface area contributed by atoms with E-state index in [0.717, 1.165) is 0 Å². The Balaban J connectivity index is 2.33. The normalized spacial score (nSPS) is 18.4. The summed E-state index contributed by atoms with van der Waals surface area (Å²) in [5.41, 5.74) is 0.561. The SMILES string of the molecule is COc1ccc(Cl)cc1N=CC1=C(O)CC(C)(C)CC1=O. The zero-order chi connectivity index (χ0) is 15.6. The number of Topliss-reactive ketones (excluding diaryl/α,β-unsaturated/α-hetero) is 1. The van der Waals surface area contributed by atoms with Crippen molar-refractivity contribution in [1.82, 2.24) is 0 Å². The first kappa shape index (κ1) is 15.6. The smallest absolute Gasteiger partial charge is 0.168 e. The number of carbonyl (C=O) groups is 1. The van der Waals surface area contributed by atoms with E-state index in [4.69, 9.17) is 16.3 Å². The molecule has 112 valence electrons. The fourth-order valence-electron chi connectivity index (χ4n) is 2.35. The van der Waals surface area contributed by atoms with E-state index in [-0.39, 0.29) is 22.5 Å². The summed E-state index contributed by atoms with van der Waals surface area (Å²) < 4.78 is 5.19. The van der Waals surface area contributed by atoms with Crippen LogP contribution in [0.1, 0.15) is 26.7 Å². The molecule has 0 unspecified atom stereocenters. The first-order chi connectivity index (χ1) is 9.82. The molecule has 5 heteroatoms. The highest BCUT2D eigenvalue weighted by Gasteiger charge is 2.32. The third kappa shape index (κ3) is 3.64. The van der Waals surface area contributed by atoms with Crippen LogP contribution in [0.2, 0.25) is 5.02 Å². The van der Waals surface area contributed by atoms with E-state index in [0.29, 0.717) is 29.3 Å². The van der Waals surface area contributed by atoms with Crippen molar-refractivity contribution < 1.29 is 14.6 Å². The largest absolute Gasteiger partial charge is 0.511 e. The molecule has 4 nitrogen and oxygen atoms in total. The maximum atomic E-state index is 12.1. The molecule has 0 aromatic heterocycles. The van der Waals surface area contributed by atoms with Crippen LogP contribution in [0.3, 0.4) is 0 Å². The van der Waals surface area contributed by atoms with Crippen LogP contribution >= 0.6 is 11.6 Å². The minimum absolute atomic E-state index is 0.0843. The second-order valence-electron chi connectivity index (χ2n) is 5.88. The van der Waals surface area contributed by atoms with Crippen molar-refractivity contribution in [3.05, 3.63) is 34.6 Å². The predicted octanol–water partition coefficient (Wildman–Crippen LogP) is 4.25. The number of nitrogens with zero attached hydrogens (tertiary/aromatic N) is 1. The Labute approximate surface area is 129 Å². The van der Waals surface area contributed by atoms with E-state index in [9.17, 15) is 9.90 Å². The van der Waals surface area contributed by atoms with E-state index in [2.05, 4.69) is 4.99 Å². The Hall–Kier alpha value is -1.81. The number of ketones is 1. The van der Waals surface area contributed by atoms with Crippen LogP contribution in [0.5, 0.6) is 5.75 Å². The summed E-state index contributed by atoms with van der Waals surface area (Å²) in [5, 5.41) is 10.6. The Bertz CT molecular complexity index is 632. The molecule has 0 fully saturated rings. The van der Waals surface area contributed by atoms with Crippen LogP contribution in [0, 0.1) is 5.41 Å². The summed E-state index contributed by atoms with van der Waals surface area (Å²) in [6.45, 7) is 3.91. The summed E-state index contributed by atoms with van der Waals surface area (Å²) >= 11 is 5.93. The molecule has 0 radical (unpaired) electrons. The van der Waals surface area contributed by atoms with E-state index >= 15 is 0 Å². The predicted molar refractivity (Wildman–Crippen MR) is 83.8 cm³/mol. The summed E-state index contributed by atoms with van der Waals surface area (Å²) in [6, 6.07) is 5.05. The van der Waals surface area contributed by atoms with Gasteiger partial charge in [0.25, 0.3) is 0 Å². The van der Waals surface area contributed by atoms with Crippen LogP contribution in [-0.4, -0.2) is 24.2 Å². The Kier molecular flexibility index (Phi) is 4.37. The van der Waals surface area contributed by atoms with E-state index < -0.39 is 0 Å². The molecule has 0 aliphatic heterocycles. The van der Waals surface area contributed by atoms with Crippen LogP contribution < -0.4 is 4.74 Å². The zero-order valence-electron chi connectivity index (χ0n) is 12.3. The Morgan fingerprint density at radius 1 is 1.38 bits per heavy atom. The van der Waals surface area contributed by atoms with Crippen LogP contribution in [0.15, 0.2) is 34.5 Å². The number of hydrogen-bond acceptors (Lipinski definition) is 4. The van der Waals surface area contributed by atoms with Gasteiger partial charge in [-0.05, 0) is 23.6 Å². The summed E-state index contributed by atoms with van der Waals surface area (Å²) in [5.74, 6) is 0.536. The van der Waals surface area contributed by atoms with E-state index in [1.165, 1.54) is 13.3 Å². The molecule has 2 rings (SSSR count). The molecule has 1 aliphatic carbocycles. The van der Waals surface area contributed by atoms with Gasteiger partial charge in [-0.2, -0.15) is 0 Å². The second-order valence-corrected chi connectivity index (χ2v) is 6.31. The molecule has 0 amide bonds. The number of carbonyl (C=O) groups excluding carboxylic acids is 1. The second kappa shape index (κ2) is 5.90. The lowest BCUT2D eigenvalue weighted by Gasteiger charge is -2.28. The zero-order valence-corrected chi connectivity index (χ0v) is 13.1. The summed E-state index contributed by atoms with van der Waals surface area (Å²) in [6.07, 6.45) is 2.25. The molecule has 0 atom stereocenters. The van der Waals surface area contributed by atoms with E-state index in [1.807, 2.05) is 13.8 Å². The van der Waals surface area contributed by atoms with Crippen molar-refractivity contribution in [1.29, 1.82) is 0 Å². The molecular formula is C16H18ClNO3.